The lowest BCUT2D eigenvalue weighted by atomic mass is 10.0. The summed E-state index contributed by atoms with van der Waals surface area (Å²) >= 11 is 1.71. The Kier molecular flexibility index (Phi) is 3.71. The van der Waals surface area contributed by atoms with Crippen LogP contribution in [0, 0.1) is 20.8 Å². The van der Waals surface area contributed by atoms with Crippen molar-refractivity contribution in [1.29, 1.82) is 0 Å². The number of hydrogen-bond donors (Lipinski definition) is 1. The van der Waals surface area contributed by atoms with Crippen molar-refractivity contribution in [2.75, 3.05) is 5.32 Å². The van der Waals surface area contributed by atoms with Gasteiger partial charge in [0, 0.05) is 18.2 Å². The van der Waals surface area contributed by atoms with Gasteiger partial charge < -0.3 is 5.32 Å². The molecule has 1 N–H and O–H groups in total. The fraction of sp³-hybridized carbons (Fsp3) is 0.222. The number of thiazole rings is 1. The molecule has 0 spiro atoms. The molecular weight excluding hydrogens is 292 g/mol. The van der Waals surface area contributed by atoms with E-state index in [1.165, 1.54) is 17.2 Å². The maximum absolute atomic E-state index is 11.3. The highest BCUT2D eigenvalue weighted by Gasteiger charge is 2.12. The van der Waals surface area contributed by atoms with Crippen LogP contribution < -0.4 is 5.32 Å². The van der Waals surface area contributed by atoms with E-state index < -0.39 is 0 Å². The molecule has 3 aromatic rings. The SMILES string of the molecule is CC(=O)Nc1ccc(-c2nc3ccc(C)cc3s2)c(C)c1C. The van der Waals surface area contributed by atoms with Crippen LogP contribution in [0.2, 0.25) is 0 Å². The minimum absolute atomic E-state index is 0.0503. The van der Waals surface area contributed by atoms with Crippen LogP contribution in [0.5, 0.6) is 0 Å². The first kappa shape index (κ1) is 14.7. The van der Waals surface area contributed by atoms with Gasteiger partial charge in [-0.1, -0.05) is 6.07 Å². The van der Waals surface area contributed by atoms with Gasteiger partial charge in [0.1, 0.15) is 5.01 Å². The third-order valence-corrected chi connectivity index (χ3v) is 4.92. The summed E-state index contributed by atoms with van der Waals surface area (Å²) in [6.45, 7) is 7.73. The first-order valence-electron chi connectivity index (χ1n) is 7.21. The van der Waals surface area contributed by atoms with Crippen molar-refractivity contribution in [2.24, 2.45) is 0 Å². The van der Waals surface area contributed by atoms with Gasteiger partial charge in [0.15, 0.2) is 0 Å². The topological polar surface area (TPSA) is 42.0 Å². The summed E-state index contributed by atoms with van der Waals surface area (Å²) in [6, 6.07) is 10.3. The minimum Gasteiger partial charge on any atom is -0.326 e. The van der Waals surface area contributed by atoms with Crippen LogP contribution in [0.25, 0.3) is 20.8 Å². The summed E-state index contributed by atoms with van der Waals surface area (Å²) in [6.07, 6.45) is 0. The van der Waals surface area contributed by atoms with E-state index in [9.17, 15) is 4.79 Å². The van der Waals surface area contributed by atoms with Crippen molar-refractivity contribution in [2.45, 2.75) is 27.7 Å². The van der Waals surface area contributed by atoms with Crippen LogP contribution in [0.3, 0.4) is 0 Å². The van der Waals surface area contributed by atoms with Crippen molar-refractivity contribution >= 4 is 33.1 Å². The Hall–Kier alpha value is -2.20. The highest BCUT2D eigenvalue weighted by atomic mass is 32.1. The number of amides is 1. The van der Waals surface area contributed by atoms with E-state index in [2.05, 4.69) is 37.4 Å². The van der Waals surface area contributed by atoms with Crippen LogP contribution in [0.4, 0.5) is 5.69 Å². The quantitative estimate of drug-likeness (QED) is 0.735. The van der Waals surface area contributed by atoms with E-state index in [1.807, 2.05) is 19.1 Å². The van der Waals surface area contributed by atoms with Gasteiger partial charge in [-0.2, -0.15) is 0 Å². The lowest BCUT2D eigenvalue weighted by molar-refractivity contribution is -0.114. The molecule has 0 aliphatic heterocycles. The summed E-state index contributed by atoms with van der Waals surface area (Å²) in [5.41, 5.74) is 6.52. The molecule has 0 saturated carbocycles. The monoisotopic (exact) mass is 310 g/mol. The summed E-state index contributed by atoms with van der Waals surface area (Å²) in [7, 11) is 0. The predicted octanol–water partition coefficient (Wildman–Crippen LogP) is 4.85. The average molecular weight is 310 g/mol. The first-order valence-corrected chi connectivity index (χ1v) is 8.02. The van der Waals surface area contributed by atoms with Crippen molar-refractivity contribution in [1.82, 2.24) is 4.98 Å². The Labute approximate surface area is 134 Å². The number of aromatic nitrogens is 1. The molecule has 0 saturated heterocycles. The van der Waals surface area contributed by atoms with Gasteiger partial charge in [0.25, 0.3) is 0 Å². The molecule has 0 atom stereocenters. The minimum atomic E-state index is -0.0503. The molecule has 1 aromatic heterocycles. The standard InChI is InChI=1S/C18H18N2OS/c1-10-5-7-16-17(9-10)22-18(20-16)14-6-8-15(19-13(4)21)12(3)11(14)2/h5-9H,1-4H3,(H,19,21). The van der Waals surface area contributed by atoms with E-state index in [0.717, 1.165) is 32.9 Å². The second-order valence-corrected chi connectivity index (χ2v) is 6.61. The fourth-order valence-electron chi connectivity index (χ4n) is 2.52. The van der Waals surface area contributed by atoms with E-state index in [-0.39, 0.29) is 5.91 Å². The van der Waals surface area contributed by atoms with Gasteiger partial charge in [0.2, 0.25) is 5.91 Å². The molecule has 4 heteroatoms. The third kappa shape index (κ3) is 2.62. The maximum atomic E-state index is 11.3. The van der Waals surface area contributed by atoms with E-state index in [4.69, 9.17) is 4.98 Å². The van der Waals surface area contributed by atoms with Crippen LogP contribution in [0.15, 0.2) is 30.3 Å². The largest absolute Gasteiger partial charge is 0.326 e. The molecule has 3 nitrogen and oxygen atoms in total. The summed E-state index contributed by atoms with van der Waals surface area (Å²) in [4.78, 5) is 16.0. The van der Waals surface area contributed by atoms with Crippen molar-refractivity contribution < 1.29 is 4.79 Å². The average Bonchev–Trinajstić information content (AvgIpc) is 2.86. The van der Waals surface area contributed by atoms with Gasteiger partial charge in [-0.3, -0.25) is 4.79 Å². The second-order valence-electron chi connectivity index (χ2n) is 5.58. The number of anilines is 1. The lowest BCUT2D eigenvalue weighted by Gasteiger charge is -2.12. The normalized spacial score (nSPS) is 10.9. The summed E-state index contributed by atoms with van der Waals surface area (Å²) < 4.78 is 1.21. The molecule has 1 amide bonds. The highest BCUT2D eigenvalue weighted by Crippen LogP contribution is 2.35. The smallest absolute Gasteiger partial charge is 0.221 e. The summed E-state index contributed by atoms with van der Waals surface area (Å²) in [5.74, 6) is -0.0503. The zero-order valence-corrected chi connectivity index (χ0v) is 14.0. The highest BCUT2D eigenvalue weighted by molar-refractivity contribution is 7.21. The second kappa shape index (κ2) is 5.54. The molecule has 0 radical (unpaired) electrons. The molecule has 0 aliphatic carbocycles. The van der Waals surface area contributed by atoms with Crippen molar-refractivity contribution in [3.8, 4) is 10.6 Å². The zero-order valence-electron chi connectivity index (χ0n) is 13.2. The molecule has 0 fully saturated rings. The number of aryl methyl sites for hydroxylation is 1. The molecular formula is C18H18N2OS. The number of fused-ring (bicyclic) bond motifs is 1. The van der Waals surface area contributed by atoms with Gasteiger partial charge >= 0.3 is 0 Å². The molecule has 112 valence electrons. The Bertz CT molecular complexity index is 880. The molecule has 2 aromatic carbocycles. The van der Waals surface area contributed by atoms with E-state index in [0.29, 0.717) is 0 Å². The fourth-order valence-corrected chi connectivity index (χ4v) is 3.67. The van der Waals surface area contributed by atoms with Gasteiger partial charge in [-0.25, -0.2) is 4.98 Å². The zero-order chi connectivity index (χ0) is 15.9. The number of benzene rings is 2. The number of carbonyl (C=O) groups excluding carboxylic acids is 1. The van der Waals surface area contributed by atoms with Gasteiger partial charge in [0.05, 0.1) is 10.2 Å². The Morgan fingerprint density at radius 3 is 2.59 bits per heavy atom. The van der Waals surface area contributed by atoms with Crippen molar-refractivity contribution in [3.05, 3.63) is 47.0 Å². The molecule has 0 unspecified atom stereocenters. The Morgan fingerprint density at radius 1 is 1.09 bits per heavy atom. The van der Waals surface area contributed by atoms with Crippen LogP contribution >= 0.6 is 11.3 Å². The molecule has 0 bridgehead atoms. The summed E-state index contributed by atoms with van der Waals surface area (Å²) in [5, 5.41) is 3.89. The maximum Gasteiger partial charge on any atom is 0.221 e. The number of rotatable bonds is 2. The number of nitrogens with zero attached hydrogens (tertiary/aromatic N) is 1. The molecule has 22 heavy (non-hydrogen) atoms. The Morgan fingerprint density at radius 2 is 1.86 bits per heavy atom. The van der Waals surface area contributed by atoms with Gasteiger partial charge in [-0.15, -0.1) is 11.3 Å². The number of carbonyl (C=O) groups is 1. The van der Waals surface area contributed by atoms with Gasteiger partial charge in [-0.05, 0) is 61.7 Å². The lowest BCUT2D eigenvalue weighted by Crippen LogP contribution is -2.07. The van der Waals surface area contributed by atoms with E-state index >= 15 is 0 Å². The van der Waals surface area contributed by atoms with Crippen LogP contribution in [0.1, 0.15) is 23.6 Å². The molecule has 1 heterocycles. The number of nitrogens with one attached hydrogen (secondary N) is 1. The predicted molar refractivity (Wildman–Crippen MR) is 93.6 cm³/mol. The molecule has 0 aliphatic rings. The van der Waals surface area contributed by atoms with Crippen LogP contribution in [-0.2, 0) is 4.79 Å². The number of hydrogen-bond acceptors (Lipinski definition) is 3. The third-order valence-electron chi connectivity index (χ3n) is 3.87. The van der Waals surface area contributed by atoms with Crippen LogP contribution in [-0.4, -0.2) is 10.9 Å². The van der Waals surface area contributed by atoms with Crippen molar-refractivity contribution in [3.63, 3.8) is 0 Å². The van der Waals surface area contributed by atoms with E-state index in [1.54, 1.807) is 11.3 Å². The molecule has 3 rings (SSSR count). The first-order chi connectivity index (χ1) is 10.5. The Balaban J connectivity index is 2.10.